The average molecular weight is 354 g/mol. The number of aromatic nitrogens is 3. The van der Waals surface area contributed by atoms with Crippen LogP contribution in [0.1, 0.15) is 12.8 Å². The maximum atomic E-state index is 14.2. The number of carboxylic acid groups (broad SMARTS) is 1. The number of hydrogen-bond donors (Lipinski definition) is 2. The lowest BCUT2D eigenvalue weighted by Gasteiger charge is -2.40. The Morgan fingerprint density at radius 3 is 2.58 bits per heavy atom. The Labute approximate surface area is 140 Å². The van der Waals surface area contributed by atoms with E-state index in [1.807, 2.05) is 4.90 Å². The van der Waals surface area contributed by atoms with Gasteiger partial charge in [0.15, 0.2) is 11.0 Å². The largest absolute Gasteiger partial charge is 0.479 e. The molecule has 0 aromatic carbocycles. The summed E-state index contributed by atoms with van der Waals surface area (Å²) in [5.41, 5.74) is -0.106. The van der Waals surface area contributed by atoms with E-state index in [1.165, 1.54) is 11.1 Å². The minimum absolute atomic E-state index is 0.106. The number of piperazine rings is 1. The summed E-state index contributed by atoms with van der Waals surface area (Å²) in [4.78, 5) is 26.2. The molecule has 2 N–H and O–H groups in total. The first-order valence-electron chi connectivity index (χ1n) is 7.42. The predicted octanol–water partition coefficient (Wildman–Crippen LogP) is 1.85. The molecule has 4 rings (SSSR count). The highest BCUT2D eigenvalue weighted by molar-refractivity contribution is 6.30. The molecule has 0 unspecified atom stereocenters. The summed E-state index contributed by atoms with van der Waals surface area (Å²) in [6.45, 7) is 0.831. The van der Waals surface area contributed by atoms with Crippen LogP contribution in [0.5, 0.6) is 6.01 Å². The third kappa shape index (κ3) is 2.19. The van der Waals surface area contributed by atoms with E-state index < -0.39 is 17.9 Å². The Hall–Kier alpha value is -2.42. The Morgan fingerprint density at radius 1 is 1.29 bits per heavy atom. The zero-order valence-electron chi connectivity index (χ0n) is 12.4. The Morgan fingerprint density at radius 2 is 1.96 bits per heavy atom. The van der Waals surface area contributed by atoms with Crippen LogP contribution in [0.25, 0.3) is 10.9 Å². The molecule has 0 aliphatic carbocycles. The molecule has 2 fully saturated rings. The fourth-order valence-electron chi connectivity index (χ4n) is 3.64. The van der Waals surface area contributed by atoms with Gasteiger partial charge in [0.05, 0.1) is 17.5 Å². The van der Waals surface area contributed by atoms with E-state index >= 15 is 0 Å². The monoisotopic (exact) mass is 353 g/mol. The number of carbonyl (C=O) groups is 1. The van der Waals surface area contributed by atoms with Gasteiger partial charge in [-0.1, -0.05) is 11.6 Å². The first kappa shape index (κ1) is 15.1. The van der Waals surface area contributed by atoms with Crippen molar-refractivity contribution in [3.05, 3.63) is 17.2 Å². The molecule has 126 valence electrons. The van der Waals surface area contributed by atoms with E-state index in [0.717, 1.165) is 12.8 Å². The summed E-state index contributed by atoms with van der Waals surface area (Å²) < 4.78 is 14.2. The van der Waals surface area contributed by atoms with Crippen LogP contribution in [0.3, 0.4) is 0 Å². The third-order valence-corrected chi connectivity index (χ3v) is 4.88. The Balaban J connectivity index is 1.78. The van der Waals surface area contributed by atoms with Gasteiger partial charge in [-0.15, -0.1) is 0 Å². The second-order valence-electron chi connectivity index (χ2n) is 5.95. The van der Waals surface area contributed by atoms with Gasteiger partial charge >= 0.3 is 12.1 Å². The molecule has 2 atom stereocenters. The number of amides is 1. The summed E-state index contributed by atoms with van der Waals surface area (Å²) in [6, 6.07) is -0.872. The first-order valence-corrected chi connectivity index (χ1v) is 7.80. The van der Waals surface area contributed by atoms with Crippen LogP contribution >= 0.6 is 11.6 Å². The van der Waals surface area contributed by atoms with E-state index in [9.17, 15) is 19.4 Å². The zero-order chi connectivity index (χ0) is 17.0. The Bertz CT molecular complexity index is 837. The van der Waals surface area contributed by atoms with Gasteiger partial charge in [-0.25, -0.2) is 14.2 Å². The maximum absolute atomic E-state index is 14.2. The molecule has 8 nitrogen and oxygen atoms in total. The van der Waals surface area contributed by atoms with Crippen LogP contribution in [0.4, 0.5) is 15.0 Å². The number of fused-ring (bicyclic) bond motifs is 3. The van der Waals surface area contributed by atoms with Gasteiger partial charge < -0.3 is 15.1 Å². The molecular weight excluding hydrogens is 341 g/mol. The smallest absolute Gasteiger partial charge is 0.407 e. The summed E-state index contributed by atoms with van der Waals surface area (Å²) in [5.74, 6) is -0.484. The molecule has 4 heterocycles. The predicted molar refractivity (Wildman–Crippen MR) is 82.9 cm³/mol. The second-order valence-corrected chi connectivity index (χ2v) is 6.31. The minimum atomic E-state index is -0.933. The molecule has 2 aromatic heterocycles. The van der Waals surface area contributed by atoms with Crippen LogP contribution in [0.15, 0.2) is 6.20 Å². The molecule has 0 spiro atoms. The summed E-state index contributed by atoms with van der Waals surface area (Å²) >= 11 is 5.67. The Kier molecular flexibility index (Phi) is 3.34. The van der Waals surface area contributed by atoms with Crippen molar-refractivity contribution in [3.8, 4) is 6.01 Å². The second kappa shape index (κ2) is 5.30. The number of halogens is 2. The van der Waals surface area contributed by atoms with E-state index in [-0.39, 0.29) is 22.8 Å². The van der Waals surface area contributed by atoms with E-state index in [1.54, 1.807) is 0 Å². The molecule has 1 amide bonds. The number of rotatable bonds is 1. The van der Waals surface area contributed by atoms with Crippen LogP contribution < -0.4 is 4.90 Å². The van der Waals surface area contributed by atoms with E-state index in [4.69, 9.17) is 11.6 Å². The van der Waals surface area contributed by atoms with Crippen molar-refractivity contribution < 1.29 is 19.4 Å². The number of aromatic hydroxyl groups is 1. The topological polar surface area (TPSA) is 103 Å². The molecule has 2 saturated heterocycles. The molecule has 24 heavy (non-hydrogen) atoms. The number of nitrogens with zero attached hydrogens (tertiary/aromatic N) is 5. The van der Waals surface area contributed by atoms with Gasteiger partial charge in [0.1, 0.15) is 11.3 Å². The van der Waals surface area contributed by atoms with Crippen molar-refractivity contribution in [1.82, 2.24) is 19.9 Å². The standard InChI is InChI=1S/C14H13ClFN5O3/c15-11-9(16)10-8(3-17-11)12(19-13(22)18-10)20-4-6-1-2-7(5-20)21(6)14(23)24/h3,6-7H,1-2,4-5H2,(H,23,24)(H,18,19,22)/t6-,7+. The lowest BCUT2D eigenvalue weighted by molar-refractivity contribution is 0.114. The SMILES string of the molecule is O=C(O)N1[C@@H]2CC[C@H]1CN(c1nc(O)nc3c(F)c(Cl)ncc13)C2. The van der Waals surface area contributed by atoms with Crippen molar-refractivity contribution in [2.45, 2.75) is 24.9 Å². The molecular formula is C14H13ClFN5O3. The van der Waals surface area contributed by atoms with Crippen LogP contribution in [0, 0.1) is 5.82 Å². The van der Waals surface area contributed by atoms with Gasteiger partial charge in [0.2, 0.25) is 0 Å². The zero-order valence-corrected chi connectivity index (χ0v) is 13.1. The molecule has 0 radical (unpaired) electrons. The van der Waals surface area contributed by atoms with Gasteiger partial charge in [-0.2, -0.15) is 9.97 Å². The maximum Gasteiger partial charge on any atom is 0.407 e. The van der Waals surface area contributed by atoms with E-state index in [0.29, 0.717) is 24.3 Å². The quantitative estimate of drug-likeness (QED) is 0.754. The number of pyridine rings is 1. The van der Waals surface area contributed by atoms with Crippen molar-refractivity contribution >= 4 is 34.4 Å². The molecule has 2 bridgehead atoms. The molecule has 2 aliphatic heterocycles. The van der Waals surface area contributed by atoms with Gasteiger partial charge in [-0.05, 0) is 12.8 Å². The number of hydrogen-bond acceptors (Lipinski definition) is 6. The average Bonchev–Trinajstić information content (AvgIpc) is 2.81. The lowest BCUT2D eigenvalue weighted by atomic mass is 10.2. The highest BCUT2D eigenvalue weighted by atomic mass is 35.5. The highest BCUT2D eigenvalue weighted by Crippen LogP contribution is 2.35. The fourth-order valence-corrected chi connectivity index (χ4v) is 3.78. The summed E-state index contributed by atoms with van der Waals surface area (Å²) in [7, 11) is 0. The van der Waals surface area contributed by atoms with Gasteiger partial charge in [-0.3, -0.25) is 4.90 Å². The van der Waals surface area contributed by atoms with Crippen LogP contribution in [-0.2, 0) is 0 Å². The third-order valence-electron chi connectivity index (χ3n) is 4.61. The van der Waals surface area contributed by atoms with Crippen LogP contribution in [0.2, 0.25) is 5.15 Å². The van der Waals surface area contributed by atoms with E-state index in [2.05, 4.69) is 15.0 Å². The van der Waals surface area contributed by atoms with Gasteiger partial charge in [0, 0.05) is 19.3 Å². The highest BCUT2D eigenvalue weighted by Gasteiger charge is 2.43. The minimum Gasteiger partial charge on any atom is -0.479 e. The fraction of sp³-hybridized carbons (Fsp3) is 0.429. The molecule has 10 heteroatoms. The summed E-state index contributed by atoms with van der Waals surface area (Å²) in [6.07, 6.45) is 1.96. The molecule has 0 saturated carbocycles. The normalized spacial score (nSPS) is 23.1. The first-order chi connectivity index (χ1) is 11.5. The van der Waals surface area contributed by atoms with Gasteiger partial charge in [0.25, 0.3) is 0 Å². The van der Waals surface area contributed by atoms with Crippen LogP contribution in [-0.4, -0.2) is 61.3 Å². The lowest BCUT2D eigenvalue weighted by Crippen LogP contribution is -2.55. The van der Waals surface area contributed by atoms with Crippen molar-refractivity contribution in [2.75, 3.05) is 18.0 Å². The van der Waals surface area contributed by atoms with Crippen molar-refractivity contribution in [1.29, 1.82) is 0 Å². The molecule has 2 aliphatic rings. The van der Waals surface area contributed by atoms with Crippen molar-refractivity contribution in [2.24, 2.45) is 0 Å². The molecule has 2 aromatic rings. The van der Waals surface area contributed by atoms with Crippen molar-refractivity contribution in [3.63, 3.8) is 0 Å². The number of anilines is 1. The summed E-state index contributed by atoms with van der Waals surface area (Å²) in [5, 5.41) is 19.1.